The van der Waals surface area contributed by atoms with Crippen LogP contribution in [0.3, 0.4) is 0 Å². The molecule has 0 bridgehead atoms. The standard InChI is InChI=1S/C32H24Cl2F4N4O4.CH4/c33-15-6-7-18-20(10-15)40-30(45)31(18)26(16-2-1-3-19(34)27(16)35)25-22(42(31)13-14-4-5-14)8-9-41-23-12-24(46-32(36,37)38)17(29(43)44)11-21(23)39-28(25)41;/h1-3,6-7,10-12,14,22,25-26H,4-5,8-9,13H2,(H,40,45)(H,43,44);1H4/t22-,25+,26-,31+;/m0./s1. The number of likely N-dealkylation sites (tertiary alicyclic amines) is 1. The zero-order chi connectivity index (χ0) is 32.3. The highest BCUT2D eigenvalue weighted by atomic mass is 35.5. The Morgan fingerprint density at radius 1 is 1.13 bits per heavy atom. The molecule has 2 fully saturated rings. The van der Waals surface area contributed by atoms with Crippen molar-refractivity contribution in [3.05, 3.63) is 86.9 Å². The van der Waals surface area contributed by atoms with Gasteiger partial charge in [-0.1, -0.05) is 48.8 Å². The number of aryl methyl sites for hydroxylation is 1. The van der Waals surface area contributed by atoms with E-state index in [2.05, 4.69) is 15.0 Å². The van der Waals surface area contributed by atoms with Crippen molar-refractivity contribution in [1.29, 1.82) is 0 Å². The number of halogens is 6. The number of aromatic carboxylic acids is 1. The normalized spacial score (nSPS) is 24.9. The molecule has 3 aliphatic heterocycles. The molecule has 3 aromatic carbocycles. The molecule has 4 aromatic rings. The number of anilines is 1. The predicted molar refractivity (Wildman–Crippen MR) is 167 cm³/mol. The molecular weight excluding hydrogens is 663 g/mol. The summed E-state index contributed by atoms with van der Waals surface area (Å²) in [6, 6.07) is 11.5. The molecule has 1 saturated heterocycles. The number of carboxylic acids is 1. The monoisotopic (exact) mass is 690 g/mol. The highest BCUT2D eigenvalue weighted by molar-refractivity contribution is 6.31. The van der Waals surface area contributed by atoms with Crippen molar-refractivity contribution in [2.24, 2.45) is 5.92 Å². The van der Waals surface area contributed by atoms with Crippen molar-refractivity contribution in [3.63, 3.8) is 0 Å². The topological polar surface area (TPSA) is 96.7 Å². The lowest BCUT2D eigenvalue weighted by Crippen LogP contribution is -2.53. The molecule has 1 aromatic heterocycles. The Kier molecular flexibility index (Phi) is 7.31. The van der Waals surface area contributed by atoms with Crippen LogP contribution in [0.5, 0.6) is 5.75 Å². The average Bonchev–Trinajstić information content (AvgIpc) is 3.58. The van der Waals surface area contributed by atoms with Gasteiger partial charge in [0.15, 0.2) is 0 Å². The van der Waals surface area contributed by atoms with Gasteiger partial charge in [0.1, 0.15) is 28.5 Å². The zero-order valence-corrected chi connectivity index (χ0v) is 25.3. The SMILES string of the molecule is C.O=C(O)c1cc2nc3n(c2cc1OC(F)(F)F)CC[C@H]1[C@@H]3[C@H](c2cccc(Cl)c2F)[C@]2(C(=O)Nc3cc(Cl)ccc32)N1CC1CC1. The summed E-state index contributed by atoms with van der Waals surface area (Å²) in [5.74, 6) is -4.29. The van der Waals surface area contributed by atoms with E-state index in [1.165, 1.54) is 6.07 Å². The number of imidazole rings is 1. The van der Waals surface area contributed by atoms with Crippen molar-refractivity contribution >= 4 is 51.8 Å². The van der Waals surface area contributed by atoms with Crippen LogP contribution >= 0.6 is 23.2 Å². The van der Waals surface area contributed by atoms with Crippen LogP contribution in [-0.4, -0.2) is 50.4 Å². The van der Waals surface area contributed by atoms with Crippen LogP contribution in [-0.2, 0) is 16.9 Å². The zero-order valence-electron chi connectivity index (χ0n) is 23.7. The van der Waals surface area contributed by atoms with Gasteiger partial charge in [-0.25, -0.2) is 14.2 Å². The first-order valence-electron chi connectivity index (χ1n) is 14.7. The molecule has 246 valence electrons. The maximum Gasteiger partial charge on any atom is 0.573 e. The van der Waals surface area contributed by atoms with E-state index in [4.69, 9.17) is 28.2 Å². The fourth-order valence-corrected chi connectivity index (χ4v) is 8.35. The van der Waals surface area contributed by atoms with Crippen molar-refractivity contribution < 1.29 is 37.0 Å². The number of amides is 1. The number of nitrogens with zero attached hydrogens (tertiary/aromatic N) is 3. The van der Waals surface area contributed by atoms with E-state index in [-0.39, 0.29) is 41.0 Å². The molecule has 1 spiro atoms. The minimum Gasteiger partial charge on any atom is -0.478 e. The maximum atomic E-state index is 16.2. The number of benzene rings is 3. The molecule has 1 amide bonds. The number of ether oxygens (including phenoxy) is 1. The summed E-state index contributed by atoms with van der Waals surface area (Å²) in [5, 5.41) is 13.0. The number of aromatic nitrogens is 2. The second-order valence-electron chi connectivity index (χ2n) is 12.3. The van der Waals surface area contributed by atoms with Gasteiger partial charge in [0, 0.05) is 53.3 Å². The van der Waals surface area contributed by atoms with Crippen LogP contribution in [0.25, 0.3) is 11.0 Å². The van der Waals surface area contributed by atoms with Crippen LogP contribution < -0.4 is 10.1 Å². The van der Waals surface area contributed by atoms with Crippen molar-refractivity contribution in [1.82, 2.24) is 14.5 Å². The Labute approximate surface area is 276 Å². The number of fused-ring (bicyclic) bond motifs is 7. The first-order valence-corrected chi connectivity index (χ1v) is 15.5. The highest BCUT2D eigenvalue weighted by Gasteiger charge is 2.69. The Bertz CT molecular complexity index is 1980. The first kappa shape index (κ1) is 31.7. The number of hydrogen-bond acceptors (Lipinski definition) is 5. The molecule has 8 nitrogen and oxygen atoms in total. The van der Waals surface area contributed by atoms with E-state index in [1.807, 2.05) is 0 Å². The largest absolute Gasteiger partial charge is 0.573 e. The smallest absolute Gasteiger partial charge is 0.478 e. The summed E-state index contributed by atoms with van der Waals surface area (Å²) in [4.78, 5) is 33.5. The van der Waals surface area contributed by atoms with Crippen LogP contribution in [0, 0.1) is 11.7 Å². The average molecular weight is 692 g/mol. The summed E-state index contributed by atoms with van der Waals surface area (Å²) in [5.41, 5.74) is -0.365. The van der Waals surface area contributed by atoms with Crippen molar-refractivity contribution in [2.75, 3.05) is 11.9 Å². The van der Waals surface area contributed by atoms with Gasteiger partial charge in [-0.3, -0.25) is 9.69 Å². The van der Waals surface area contributed by atoms with Crippen LogP contribution in [0.2, 0.25) is 10.0 Å². The molecular formula is C33H28Cl2F4N4O4. The van der Waals surface area contributed by atoms with Gasteiger partial charge in [-0.15, -0.1) is 13.2 Å². The lowest BCUT2D eigenvalue weighted by molar-refractivity contribution is -0.274. The second kappa shape index (κ2) is 10.8. The predicted octanol–water partition coefficient (Wildman–Crippen LogP) is 7.93. The van der Waals surface area contributed by atoms with Crippen molar-refractivity contribution in [3.8, 4) is 5.75 Å². The number of alkyl halides is 3. The summed E-state index contributed by atoms with van der Waals surface area (Å²) in [6.45, 7) is 0.865. The summed E-state index contributed by atoms with van der Waals surface area (Å²) in [6.07, 6.45) is -2.71. The molecule has 8 rings (SSSR count). The molecule has 4 heterocycles. The Morgan fingerprint density at radius 2 is 1.89 bits per heavy atom. The van der Waals surface area contributed by atoms with Gasteiger partial charge in [0.05, 0.1) is 16.1 Å². The number of nitrogens with one attached hydrogen (secondary N) is 1. The third-order valence-electron chi connectivity index (χ3n) is 9.81. The molecule has 1 aliphatic carbocycles. The third kappa shape index (κ3) is 4.70. The van der Waals surface area contributed by atoms with E-state index in [1.54, 1.807) is 34.9 Å². The molecule has 14 heteroatoms. The molecule has 0 unspecified atom stereocenters. The Balaban J connectivity index is 0.00000351. The summed E-state index contributed by atoms with van der Waals surface area (Å²) >= 11 is 12.7. The van der Waals surface area contributed by atoms with Crippen LogP contribution in [0.15, 0.2) is 48.5 Å². The molecule has 2 N–H and O–H groups in total. The minimum atomic E-state index is -5.13. The van der Waals surface area contributed by atoms with E-state index in [9.17, 15) is 27.9 Å². The minimum absolute atomic E-state index is 0. The number of carbonyl (C=O) groups is 2. The van der Waals surface area contributed by atoms with Crippen LogP contribution in [0.1, 0.15) is 65.8 Å². The van der Waals surface area contributed by atoms with Gasteiger partial charge < -0.3 is 19.7 Å². The first-order chi connectivity index (χ1) is 21.9. The quantitative estimate of drug-likeness (QED) is 0.207. The molecule has 4 aliphatic rings. The van der Waals surface area contributed by atoms with Gasteiger partial charge >= 0.3 is 12.3 Å². The fraction of sp³-hybridized carbons (Fsp3) is 0.364. The van der Waals surface area contributed by atoms with E-state index < -0.39 is 46.8 Å². The number of carboxylic acid groups (broad SMARTS) is 1. The summed E-state index contributed by atoms with van der Waals surface area (Å²) in [7, 11) is 0. The maximum absolute atomic E-state index is 16.2. The Morgan fingerprint density at radius 3 is 2.60 bits per heavy atom. The molecule has 0 radical (unpaired) electrons. The van der Waals surface area contributed by atoms with E-state index in [0.29, 0.717) is 47.5 Å². The number of rotatable bonds is 5. The Hall–Kier alpha value is -3.87. The fourth-order valence-electron chi connectivity index (χ4n) is 7.99. The van der Waals surface area contributed by atoms with Crippen molar-refractivity contribution in [2.45, 2.75) is 63.0 Å². The second-order valence-corrected chi connectivity index (χ2v) is 13.2. The number of carbonyl (C=O) groups excluding carboxylic acids is 1. The van der Waals surface area contributed by atoms with Gasteiger partial charge in [-0.05, 0) is 55.0 Å². The molecule has 1 saturated carbocycles. The lowest BCUT2D eigenvalue weighted by atomic mass is 9.70. The summed E-state index contributed by atoms with van der Waals surface area (Å²) < 4.78 is 62.0. The van der Waals surface area contributed by atoms with E-state index >= 15 is 4.39 Å². The lowest BCUT2D eigenvalue weighted by Gasteiger charge is -2.40. The molecule has 47 heavy (non-hydrogen) atoms. The molecule has 4 atom stereocenters. The van der Waals surface area contributed by atoms with E-state index in [0.717, 1.165) is 25.0 Å². The van der Waals surface area contributed by atoms with Gasteiger partial charge in [0.2, 0.25) is 5.91 Å². The number of hydrogen-bond donors (Lipinski definition) is 2. The highest BCUT2D eigenvalue weighted by Crippen LogP contribution is 2.64. The van der Waals surface area contributed by atoms with Gasteiger partial charge in [-0.2, -0.15) is 0 Å². The van der Waals surface area contributed by atoms with Crippen LogP contribution in [0.4, 0.5) is 23.2 Å². The van der Waals surface area contributed by atoms with Gasteiger partial charge in [0.25, 0.3) is 0 Å². The third-order valence-corrected chi connectivity index (χ3v) is 10.3.